The van der Waals surface area contributed by atoms with Crippen molar-refractivity contribution in [2.75, 3.05) is 13.7 Å². The maximum atomic E-state index is 5.23. The molecule has 0 saturated carbocycles. The second-order valence-electron chi connectivity index (χ2n) is 6.17. The summed E-state index contributed by atoms with van der Waals surface area (Å²) < 4.78 is 5.23. The van der Waals surface area contributed by atoms with Crippen LogP contribution in [-0.2, 0) is 12.1 Å². The highest BCUT2D eigenvalue weighted by Crippen LogP contribution is 2.37. The minimum absolute atomic E-state index is 0.0774. The number of likely N-dealkylation sites (tertiary alicyclic amines) is 1. The van der Waals surface area contributed by atoms with Crippen molar-refractivity contribution < 1.29 is 4.74 Å². The predicted molar refractivity (Wildman–Crippen MR) is 86.8 cm³/mol. The molecule has 1 atom stereocenters. The Labute approximate surface area is 132 Å². The Morgan fingerprint density at radius 2 is 2.00 bits per heavy atom. The van der Waals surface area contributed by atoms with Crippen LogP contribution in [0.1, 0.15) is 36.8 Å². The summed E-state index contributed by atoms with van der Waals surface area (Å²) in [6.07, 6.45) is 4.16. The summed E-state index contributed by atoms with van der Waals surface area (Å²) in [5.41, 5.74) is 2.25. The molecule has 0 bridgehead atoms. The molecule has 2 heterocycles. The molecule has 0 amide bonds. The van der Waals surface area contributed by atoms with E-state index in [1.54, 1.807) is 7.11 Å². The quantitative estimate of drug-likeness (QED) is 0.868. The molecule has 1 fully saturated rings. The highest BCUT2D eigenvalue weighted by molar-refractivity contribution is 5.27. The molecule has 0 unspecified atom stereocenters. The smallest absolute Gasteiger partial charge is 0.148 e. The van der Waals surface area contributed by atoms with Gasteiger partial charge >= 0.3 is 0 Å². The molecule has 4 heteroatoms. The van der Waals surface area contributed by atoms with Gasteiger partial charge in [-0.3, -0.25) is 4.90 Å². The summed E-state index contributed by atoms with van der Waals surface area (Å²) in [6, 6.07) is 10.3. The molecule has 1 aliphatic rings. The van der Waals surface area contributed by atoms with Crippen molar-refractivity contribution in [1.29, 1.82) is 0 Å². The van der Waals surface area contributed by atoms with Gasteiger partial charge in [0.1, 0.15) is 11.6 Å². The molecule has 0 aliphatic carbocycles. The van der Waals surface area contributed by atoms with Gasteiger partial charge in [0, 0.05) is 18.4 Å². The fraction of sp³-hybridized carbons (Fsp3) is 0.444. The minimum atomic E-state index is -0.0774. The summed E-state index contributed by atoms with van der Waals surface area (Å²) in [4.78, 5) is 11.7. The Kier molecular flexibility index (Phi) is 4.12. The van der Waals surface area contributed by atoms with E-state index in [-0.39, 0.29) is 5.54 Å². The molecule has 3 rings (SSSR count). The number of hydrogen-bond donors (Lipinski definition) is 0. The first-order chi connectivity index (χ1) is 10.6. The Morgan fingerprint density at radius 3 is 2.68 bits per heavy atom. The predicted octanol–water partition coefficient (Wildman–Crippen LogP) is 3.30. The first kappa shape index (κ1) is 15.0. The molecule has 2 aromatic rings. The van der Waals surface area contributed by atoms with Gasteiger partial charge in [0.25, 0.3) is 0 Å². The summed E-state index contributed by atoms with van der Waals surface area (Å²) >= 11 is 0. The lowest BCUT2D eigenvalue weighted by molar-refractivity contribution is 0.137. The number of methoxy groups -OCH3 is 1. The summed E-state index contributed by atoms with van der Waals surface area (Å²) in [5.74, 6) is 1.84. The van der Waals surface area contributed by atoms with E-state index in [9.17, 15) is 0 Å². The Hall–Kier alpha value is -1.94. The van der Waals surface area contributed by atoms with Crippen molar-refractivity contribution in [2.45, 2.75) is 38.8 Å². The standard InChI is InChI=1S/C18H23N3O/c1-14-9-11-19-17(20-14)18(2)10-4-12-21(18)13-15-5-7-16(22-3)8-6-15/h5-9,11H,4,10,12-13H2,1-3H3/t18-/m1/s1. The minimum Gasteiger partial charge on any atom is -0.497 e. The van der Waals surface area contributed by atoms with Crippen molar-refractivity contribution in [3.05, 3.63) is 53.6 Å². The highest BCUT2D eigenvalue weighted by atomic mass is 16.5. The van der Waals surface area contributed by atoms with Gasteiger partial charge in [0.05, 0.1) is 12.6 Å². The summed E-state index contributed by atoms with van der Waals surface area (Å²) in [6.45, 7) is 6.28. The number of benzene rings is 1. The third-order valence-electron chi connectivity index (χ3n) is 4.60. The molecule has 1 aromatic heterocycles. The monoisotopic (exact) mass is 297 g/mol. The van der Waals surface area contributed by atoms with Gasteiger partial charge in [-0.1, -0.05) is 12.1 Å². The fourth-order valence-corrected chi connectivity index (χ4v) is 3.19. The molecule has 0 spiro atoms. The summed E-state index contributed by atoms with van der Waals surface area (Å²) in [7, 11) is 1.70. The number of hydrogen-bond acceptors (Lipinski definition) is 4. The van der Waals surface area contributed by atoms with Gasteiger partial charge in [0.15, 0.2) is 0 Å². The zero-order valence-electron chi connectivity index (χ0n) is 13.5. The zero-order chi connectivity index (χ0) is 15.6. The van der Waals surface area contributed by atoms with Gasteiger partial charge in [0.2, 0.25) is 0 Å². The van der Waals surface area contributed by atoms with Gasteiger partial charge in [-0.15, -0.1) is 0 Å². The largest absolute Gasteiger partial charge is 0.497 e. The lowest BCUT2D eigenvalue weighted by Gasteiger charge is -2.34. The Balaban J connectivity index is 1.82. The van der Waals surface area contributed by atoms with Crippen LogP contribution in [0.25, 0.3) is 0 Å². The van der Waals surface area contributed by atoms with Crippen LogP contribution in [0.5, 0.6) is 5.75 Å². The molecule has 116 valence electrons. The molecule has 1 saturated heterocycles. The number of nitrogens with zero attached hydrogens (tertiary/aromatic N) is 3. The van der Waals surface area contributed by atoms with Crippen molar-refractivity contribution in [1.82, 2.24) is 14.9 Å². The molecule has 1 aliphatic heterocycles. The molecule has 1 aromatic carbocycles. The van der Waals surface area contributed by atoms with E-state index in [0.29, 0.717) is 0 Å². The van der Waals surface area contributed by atoms with Crippen LogP contribution in [0.3, 0.4) is 0 Å². The number of aromatic nitrogens is 2. The third-order valence-corrected chi connectivity index (χ3v) is 4.60. The van der Waals surface area contributed by atoms with Gasteiger partial charge in [-0.05, 0) is 57.0 Å². The average molecular weight is 297 g/mol. The molecule has 0 radical (unpaired) electrons. The topological polar surface area (TPSA) is 38.2 Å². The summed E-state index contributed by atoms with van der Waals surface area (Å²) in [5, 5.41) is 0. The normalized spacial score (nSPS) is 22.0. The van der Waals surface area contributed by atoms with E-state index in [2.05, 4.69) is 33.9 Å². The second kappa shape index (κ2) is 6.05. The van der Waals surface area contributed by atoms with E-state index in [4.69, 9.17) is 4.74 Å². The van der Waals surface area contributed by atoms with Crippen LogP contribution in [0.15, 0.2) is 36.5 Å². The second-order valence-corrected chi connectivity index (χ2v) is 6.17. The SMILES string of the molecule is COc1ccc(CN2CCC[C@]2(C)c2nccc(C)n2)cc1. The maximum absolute atomic E-state index is 5.23. The maximum Gasteiger partial charge on any atom is 0.148 e. The van der Waals surface area contributed by atoms with Crippen LogP contribution in [0.2, 0.25) is 0 Å². The van der Waals surface area contributed by atoms with E-state index in [1.165, 1.54) is 12.0 Å². The third kappa shape index (κ3) is 2.83. The van der Waals surface area contributed by atoms with Crippen LogP contribution in [0, 0.1) is 6.92 Å². The van der Waals surface area contributed by atoms with Crippen molar-refractivity contribution in [3.8, 4) is 5.75 Å². The van der Waals surface area contributed by atoms with E-state index in [0.717, 1.165) is 36.8 Å². The van der Waals surface area contributed by atoms with Gasteiger partial charge in [-0.2, -0.15) is 0 Å². The molecule has 0 N–H and O–H groups in total. The van der Waals surface area contributed by atoms with E-state index < -0.39 is 0 Å². The number of rotatable bonds is 4. The van der Waals surface area contributed by atoms with Crippen LogP contribution in [-0.4, -0.2) is 28.5 Å². The first-order valence-electron chi connectivity index (χ1n) is 7.80. The lowest BCUT2D eigenvalue weighted by atomic mass is 9.97. The van der Waals surface area contributed by atoms with E-state index in [1.807, 2.05) is 31.3 Å². The molecule has 22 heavy (non-hydrogen) atoms. The van der Waals surface area contributed by atoms with Crippen LogP contribution < -0.4 is 4.74 Å². The fourth-order valence-electron chi connectivity index (χ4n) is 3.19. The number of aryl methyl sites for hydroxylation is 1. The molecular formula is C18H23N3O. The lowest BCUT2D eigenvalue weighted by Crippen LogP contribution is -2.39. The van der Waals surface area contributed by atoms with Crippen LogP contribution >= 0.6 is 0 Å². The average Bonchev–Trinajstić information content (AvgIpc) is 2.90. The van der Waals surface area contributed by atoms with Gasteiger partial charge in [-0.25, -0.2) is 9.97 Å². The van der Waals surface area contributed by atoms with Gasteiger partial charge < -0.3 is 4.74 Å². The van der Waals surface area contributed by atoms with Crippen molar-refractivity contribution in [3.63, 3.8) is 0 Å². The van der Waals surface area contributed by atoms with Crippen molar-refractivity contribution >= 4 is 0 Å². The van der Waals surface area contributed by atoms with E-state index >= 15 is 0 Å². The first-order valence-corrected chi connectivity index (χ1v) is 7.80. The van der Waals surface area contributed by atoms with Crippen molar-refractivity contribution in [2.24, 2.45) is 0 Å². The zero-order valence-corrected chi connectivity index (χ0v) is 13.5. The highest BCUT2D eigenvalue weighted by Gasteiger charge is 2.40. The van der Waals surface area contributed by atoms with Crippen LogP contribution in [0.4, 0.5) is 0 Å². The number of ether oxygens (including phenoxy) is 1. The Bertz CT molecular complexity index is 641. The Morgan fingerprint density at radius 1 is 1.23 bits per heavy atom. The molecular weight excluding hydrogens is 274 g/mol. The molecule has 4 nitrogen and oxygen atoms in total.